The van der Waals surface area contributed by atoms with E-state index in [1.165, 1.54) is 13.0 Å². The number of sulfonamides is 2. The van der Waals surface area contributed by atoms with Gasteiger partial charge in [0, 0.05) is 29.9 Å². The van der Waals surface area contributed by atoms with E-state index in [0.717, 1.165) is 12.1 Å². The Hall–Kier alpha value is -2.77. The molecule has 0 atom stereocenters. The number of phenols is 2. The van der Waals surface area contributed by atoms with Crippen molar-refractivity contribution in [3.8, 4) is 11.5 Å². The summed E-state index contributed by atoms with van der Waals surface area (Å²) < 4.78 is 54.7. The largest absolute Gasteiger partial charge is 0.506 e. The second-order valence-electron chi connectivity index (χ2n) is 6.76. The highest BCUT2D eigenvalue weighted by molar-refractivity contribution is 7.90. The number of rotatable bonds is 8. The summed E-state index contributed by atoms with van der Waals surface area (Å²) in [4.78, 5) is -1.06. The quantitative estimate of drug-likeness (QED) is 0.335. The van der Waals surface area contributed by atoms with Crippen LogP contribution in [-0.4, -0.2) is 40.1 Å². The third-order valence-corrected chi connectivity index (χ3v) is 7.90. The van der Waals surface area contributed by atoms with Crippen molar-refractivity contribution < 1.29 is 27.0 Å². The van der Waals surface area contributed by atoms with E-state index >= 15 is 0 Å². The van der Waals surface area contributed by atoms with Gasteiger partial charge in [-0.2, -0.15) is 0 Å². The van der Waals surface area contributed by atoms with Crippen LogP contribution in [0.2, 0.25) is 5.02 Å². The number of fused-ring (bicyclic) bond motifs is 1. The fraction of sp³-hybridized carbons (Fsp3) is 0.200. The molecule has 0 bridgehead atoms. The summed E-state index contributed by atoms with van der Waals surface area (Å²) in [7, 11) is -8.35. The zero-order chi connectivity index (χ0) is 24.4. The van der Waals surface area contributed by atoms with Crippen molar-refractivity contribution >= 4 is 53.8 Å². The lowest BCUT2D eigenvalue weighted by Gasteiger charge is -2.12. The molecular formula is C20H21ClN4O6S2. The number of phenolic OH excluding ortho intramolecular Hbond substituents is 2. The van der Waals surface area contributed by atoms with Crippen LogP contribution in [0, 0.1) is 0 Å². The summed E-state index contributed by atoms with van der Waals surface area (Å²) in [5.74, 6) is -0.985. The predicted molar refractivity (Wildman–Crippen MR) is 125 cm³/mol. The average molecular weight is 513 g/mol. The van der Waals surface area contributed by atoms with E-state index < -0.39 is 41.3 Å². The summed E-state index contributed by atoms with van der Waals surface area (Å²) in [6, 6.07) is 9.83. The van der Waals surface area contributed by atoms with Crippen LogP contribution < -0.4 is 9.44 Å². The van der Waals surface area contributed by atoms with Crippen molar-refractivity contribution in [1.29, 1.82) is 0 Å². The van der Waals surface area contributed by atoms with Gasteiger partial charge in [0.2, 0.25) is 20.0 Å². The first kappa shape index (κ1) is 24.9. The Morgan fingerprint density at radius 2 is 1.48 bits per heavy atom. The molecule has 3 aromatic rings. The summed E-state index contributed by atoms with van der Waals surface area (Å²) in [5.41, 5.74) is -0.579. The zero-order valence-corrected chi connectivity index (χ0v) is 20.0. The summed E-state index contributed by atoms with van der Waals surface area (Å²) in [6.07, 6.45) is 0. The fourth-order valence-corrected chi connectivity index (χ4v) is 5.70. The van der Waals surface area contributed by atoms with Gasteiger partial charge in [-0.05, 0) is 12.1 Å². The van der Waals surface area contributed by atoms with Crippen LogP contribution in [0.25, 0.3) is 10.8 Å². The molecule has 0 radical (unpaired) electrons. The molecule has 0 amide bonds. The third-order valence-electron chi connectivity index (χ3n) is 4.50. The van der Waals surface area contributed by atoms with Crippen molar-refractivity contribution in [3.63, 3.8) is 0 Å². The molecule has 176 valence electrons. The molecule has 3 rings (SSSR count). The van der Waals surface area contributed by atoms with Gasteiger partial charge in [-0.15, -0.1) is 10.2 Å². The number of nitrogens with one attached hydrogen (secondary N) is 2. The Morgan fingerprint density at radius 3 is 2.12 bits per heavy atom. The maximum Gasteiger partial charge on any atom is 0.242 e. The molecule has 0 aromatic heterocycles. The highest BCUT2D eigenvalue weighted by atomic mass is 35.5. The molecule has 0 aliphatic heterocycles. The van der Waals surface area contributed by atoms with Crippen LogP contribution >= 0.6 is 11.6 Å². The van der Waals surface area contributed by atoms with Crippen LogP contribution in [0.15, 0.2) is 62.5 Å². The number of azo groups is 1. The molecule has 0 spiro atoms. The van der Waals surface area contributed by atoms with E-state index in [4.69, 9.17) is 11.6 Å². The fourth-order valence-electron chi connectivity index (χ4n) is 3.05. The maximum absolute atomic E-state index is 12.7. The van der Waals surface area contributed by atoms with E-state index in [-0.39, 0.29) is 29.5 Å². The normalized spacial score (nSPS) is 12.6. The van der Waals surface area contributed by atoms with Gasteiger partial charge in [0.15, 0.2) is 5.75 Å². The number of halogens is 1. The third kappa shape index (κ3) is 5.09. The lowest BCUT2D eigenvalue weighted by Crippen LogP contribution is -2.25. The number of nitrogens with zero attached hydrogens (tertiary/aromatic N) is 2. The van der Waals surface area contributed by atoms with E-state index in [1.807, 2.05) is 0 Å². The summed E-state index contributed by atoms with van der Waals surface area (Å²) >= 11 is 6.25. The SMILES string of the molecule is CCNS(=O)(=O)c1cc(O)c(N=Nc2cc(Cl)c3ccccc3c2O)c(S(=O)(=O)NCC)c1. The van der Waals surface area contributed by atoms with Crippen LogP contribution in [0.1, 0.15) is 13.8 Å². The molecule has 0 saturated heterocycles. The van der Waals surface area contributed by atoms with Gasteiger partial charge in [-0.25, -0.2) is 26.3 Å². The molecule has 0 aliphatic carbocycles. The predicted octanol–water partition coefficient (Wildman–Crippen LogP) is 3.92. The number of hydrogen-bond acceptors (Lipinski definition) is 8. The molecule has 3 aromatic carbocycles. The minimum absolute atomic E-state index is 0.00490. The second-order valence-corrected chi connectivity index (χ2v) is 10.7. The molecule has 0 unspecified atom stereocenters. The molecule has 0 fully saturated rings. The van der Waals surface area contributed by atoms with Gasteiger partial charge in [0.25, 0.3) is 0 Å². The lowest BCUT2D eigenvalue weighted by atomic mass is 10.1. The van der Waals surface area contributed by atoms with E-state index in [1.54, 1.807) is 31.2 Å². The molecular weight excluding hydrogens is 492 g/mol. The summed E-state index contributed by atoms with van der Waals surface area (Å²) in [5, 5.41) is 30.0. The Kier molecular flexibility index (Phi) is 7.24. The Balaban J connectivity index is 2.22. The van der Waals surface area contributed by atoms with Crippen molar-refractivity contribution in [2.24, 2.45) is 10.2 Å². The number of aromatic hydroxyl groups is 2. The van der Waals surface area contributed by atoms with E-state index in [0.29, 0.717) is 10.8 Å². The van der Waals surface area contributed by atoms with Gasteiger partial charge in [0.05, 0.1) is 9.92 Å². The number of benzene rings is 3. The van der Waals surface area contributed by atoms with Gasteiger partial charge in [-0.1, -0.05) is 49.7 Å². The second kappa shape index (κ2) is 9.61. The molecule has 13 heteroatoms. The lowest BCUT2D eigenvalue weighted by molar-refractivity contribution is 0.471. The van der Waals surface area contributed by atoms with Crippen molar-refractivity contribution in [2.45, 2.75) is 23.6 Å². The molecule has 0 heterocycles. The first-order chi connectivity index (χ1) is 15.5. The monoisotopic (exact) mass is 512 g/mol. The molecule has 0 aliphatic rings. The van der Waals surface area contributed by atoms with E-state index in [9.17, 15) is 27.0 Å². The smallest absolute Gasteiger partial charge is 0.242 e. The average Bonchev–Trinajstić information content (AvgIpc) is 2.75. The van der Waals surface area contributed by atoms with Crippen molar-refractivity contribution in [1.82, 2.24) is 9.44 Å². The van der Waals surface area contributed by atoms with Crippen molar-refractivity contribution in [3.05, 3.63) is 47.5 Å². The Labute approximate surface area is 196 Å². The molecule has 33 heavy (non-hydrogen) atoms. The van der Waals surface area contributed by atoms with Crippen LogP contribution in [0.3, 0.4) is 0 Å². The van der Waals surface area contributed by atoms with Gasteiger partial charge in [-0.3, -0.25) is 0 Å². The van der Waals surface area contributed by atoms with Crippen LogP contribution in [0.5, 0.6) is 11.5 Å². The molecule has 4 N–H and O–H groups in total. The van der Waals surface area contributed by atoms with Gasteiger partial charge in [0.1, 0.15) is 22.0 Å². The van der Waals surface area contributed by atoms with Gasteiger partial charge < -0.3 is 10.2 Å². The van der Waals surface area contributed by atoms with Gasteiger partial charge >= 0.3 is 0 Å². The minimum Gasteiger partial charge on any atom is -0.506 e. The molecule has 0 saturated carbocycles. The first-order valence-corrected chi connectivity index (χ1v) is 13.0. The van der Waals surface area contributed by atoms with Crippen LogP contribution in [-0.2, 0) is 20.0 Å². The zero-order valence-electron chi connectivity index (χ0n) is 17.6. The summed E-state index contributed by atoms with van der Waals surface area (Å²) in [6.45, 7) is 3.15. The maximum atomic E-state index is 12.7. The van der Waals surface area contributed by atoms with Crippen LogP contribution in [0.4, 0.5) is 11.4 Å². The molecule has 10 nitrogen and oxygen atoms in total. The highest BCUT2D eigenvalue weighted by Crippen LogP contribution is 2.42. The Morgan fingerprint density at radius 1 is 0.879 bits per heavy atom. The van der Waals surface area contributed by atoms with Crippen molar-refractivity contribution in [2.75, 3.05) is 13.1 Å². The topological polar surface area (TPSA) is 158 Å². The highest BCUT2D eigenvalue weighted by Gasteiger charge is 2.26. The standard InChI is InChI=1S/C20H21ClN4O6S2/c1-3-22-32(28,29)12-9-17(26)19(18(10-12)33(30,31)23-4-2)25-24-16-11-15(21)13-7-5-6-8-14(13)20(16)27/h5-11,22-23,26-27H,3-4H2,1-2H3. The number of hydrogen-bond donors (Lipinski definition) is 4. The minimum atomic E-state index is -4.26. The first-order valence-electron chi connectivity index (χ1n) is 9.70. The Bertz CT molecular complexity index is 1460. The van der Waals surface area contributed by atoms with E-state index in [2.05, 4.69) is 19.7 Å².